The summed E-state index contributed by atoms with van der Waals surface area (Å²) in [5.74, 6) is -0.738. The molecule has 1 aromatic rings. The van der Waals surface area contributed by atoms with E-state index in [1.165, 1.54) is 12.1 Å². The number of aryl methyl sites for hydroxylation is 1. The Hall–Kier alpha value is -1.23. The van der Waals surface area contributed by atoms with Crippen LogP contribution < -0.4 is 0 Å². The summed E-state index contributed by atoms with van der Waals surface area (Å²) in [6, 6.07) is 3.49. The number of rotatable bonds is 3. The van der Waals surface area contributed by atoms with E-state index in [4.69, 9.17) is 5.11 Å². The molecule has 0 bridgehead atoms. The second kappa shape index (κ2) is 4.53. The number of phenols is 1. The van der Waals surface area contributed by atoms with Crippen LogP contribution in [-0.4, -0.2) is 16.8 Å². The molecule has 0 spiro atoms. The Morgan fingerprint density at radius 3 is 2.40 bits per heavy atom. The topological polar surface area (TPSA) is 40.5 Å². The molecule has 0 saturated carbocycles. The number of para-hydroxylation sites is 1. The molecule has 0 atom stereocenters. The van der Waals surface area contributed by atoms with Crippen LogP contribution in [0, 0.1) is 0 Å². The Bertz CT molecular complexity index is 334. The molecule has 0 unspecified atom stereocenters. The second-order valence-electron chi connectivity index (χ2n) is 3.14. The van der Waals surface area contributed by atoms with Gasteiger partial charge >= 0.3 is 6.18 Å². The fraction of sp³-hybridized carbons (Fsp3) is 0.400. The number of aromatic hydroxyl groups is 1. The molecule has 2 N–H and O–H groups in total. The molecule has 0 fully saturated rings. The molecule has 1 aromatic carbocycles. The van der Waals surface area contributed by atoms with Gasteiger partial charge in [0.25, 0.3) is 0 Å². The second-order valence-corrected chi connectivity index (χ2v) is 3.14. The van der Waals surface area contributed by atoms with Gasteiger partial charge in [-0.2, -0.15) is 13.2 Å². The van der Waals surface area contributed by atoms with Crippen molar-refractivity contribution in [2.24, 2.45) is 0 Å². The molecule has 1 rings (SSSR count). The highest BCUT2D eigenvalue weighted by Crippen LogP contribution is 2.37. The van der Waals surface area contributed by atoms with Gasteiger partial charge in [0.1, 0.15) is 5.75 Å². The van der Waals surface area contributed by atoms with Crippen molar-refractivity contribution in [1.82, 2.24) is 0 Å². The quantitative estimate of drug-likeness (QED) is 0.820. The van der Waals surface area contributed by atoms with Crippen LogP contribution in [0.1, 0.15) is 17.5 Å². The predicted molar refractivity (Wildman–Crippen MR) is 48.5 cm³/mol. The summed E-state index contributed by atoms with van der Waals surface area (Å²) in [4.78, 5) is 0. The molecule has 0 radical (unpaired) electrons. The number of aliphatic hydroxyl groups is 1. The first-order valence-corrected chi connectivity index (χ1v) is 4.45. The maximum absolute atomic E-state index is 12.3. The number of halogens is 3. The third kappa shape index (κ3) is 2.86. The number of hydrogen-bond donors (Lipinski definition) is 2. The van der Waals surface area contributed by atoms with E-state index < -0.39 is 17.5 Å². The maximum Gasteiger partial charge on any atom is 0.419 e. The molecule has 0 aromatic heterocycles. The fourth-order valence-corrected chi connectivity index (χ4v) is 1.29. The van der Waals surface area contributed by atoms with E-state index in [9.17, 15) is 18.3 Å². The highest BCUT2D eigenvalue weighted by molar-refractivity contribution is 5.42. The summed E-state index contributed by atoms with van der Waals surface area (Å²) in [6.07, 6.45) is -3.99. The van der Waals surface area contributed by atoms with Crippen molar-refractivity contribution in [1.29, 1.82) is 0 Å². The Morgan fingerprint density at radius 1 is 1.20 bits per heavy atom. The van der Waals surface area contributed by atoms with Gasteiger partial charge < -0.3 is 10.2 Å². The largest absolute Gasteiger partial charge is 0.507 e. The molecule has 0 aliphatic heterocycles. The zero-order valence-electron chi connectivity index (χ0n) is 7.88. The lowest BCUT2D eigenvalue weighted by atomic mass is 10.0. The Kier molecular flexibility index (Phi) is 3.57. The van der Waals surface area contributed by atoms with Gasteiger partial charge in [-0.3, -0.25) is 0 Å². The number of alkyl halides is 3. The first kappa shape index (κ1) is 11.8. The van der Waals surface area contributed by atoms with Gasteiger partial charge in [-0.1, -0.05) is 12.1 Å². The summed E-state index contributed by atoms with van der Waals surface area (Å²) in [7, 11) is 0. The summed E-state index contributed by atoms with van der Waals surface area (Å²) < 4.78 is 37.0. The molecule has 2 nitrogen and oxygen atoms in total. The summed E-state index contributed by atoms with van der Waals surface area (Å²) in [5.41, 5.74) is -0.822. The SMILES string of the molecule is OCCCc1cccc(C(F)(F)F)c1O. The van der Waals surface area contributed by atoms with Crippen molar-refractivity contribution < 1.29 is 23.4 Å². The average molecular weight is 220 g/mol. The minimum atomic E-state index is -4.54. The van der Waals surface area contributed by atoms with E-state index in [0.717, 1.165) is 6.07 Å². The van der Waals surface area contributed by atoms with Gasteiger partial charge in [0, 0.05) is 6.61 Å². The average Bonchev–Trinajstić information content (AvgIpc) is 2.14. The van der Waals surface area contributed by atoms with Crippen LogP contribution in [0.5, 0.6) is 5.75 Å². The van der Waals surface area contributed by atoms with E-state index in [2.05, 4.69) is 0 Å². The maximum atomic E-state index is 12.3. The lowest BCUT2D eigenvalue weighted by Crippen LogP contribution is -2.06. The minimum absolute atomic E-state index is 0.115. The molecule has 0 heterocycles. The highest BCUT2D eigenvalue weighted by atomic mass is 19.4. The molecule has 0 aliphatic rings. The molecular formula is C10H11F3O2. The first-order chi connectivity index (χ1) is 6.96. The van der Waals surface area contributed by atoms with Gasteiger partial charge in [-0.15, -0.1) is 0 Å². The Labute approximate surface area is 85.0 Å². The van der Waals surface area contributed by atoms with Gasteiger partial charge in [0.2, 0.25) is 0 Å². The summed E-state index contributed by atoms with van der Waals surface area (Å²) >= 11 is 0. The monoisotopic (exact) mass is 220 g/mol. The van der Waals surface area contributed by atoms with E-state index in [0.29, 0.717) is 6.42 Å². The normalized spacial score (nSPS) is 11.7. The summed E-state index contributed by atoms with van der Waals surface area (Å²) in [6.45, 7) is -0.115. The highest BCUT2D eigenvalue weighted by Gasteiger charge is 2.34. The van der Waals surface area contributed by atoms with Crippen molar-refractivity contribution >= 4 is 0 Å². The third-order valence-corrected chi connectivity index (χ3v) is 2.03. The number of benzene rings is 1. The van der Waals surface area contributed by atoms with Gasteiger partial charge in [-0.05, 0) is 24.5 Å². The molecule has 0 amide bonds. The number of phenolic OH excluding ortho intramolecular Hbond substituents is 1. The molecule has 84 valence electrons. The van der Waals surface area contributed by atoms with Crippen LogP contribution in [-0.2, 0) is 12.6 Å². The van der Waals surface area contributed by atoms with Crippen molar-refractivity contribution in [3.8, 4) is 5.75 Å². The Balaban J connectivity index is 3.01. The fourth-order valence-electron chi connectivity index (χ4n) is 1.29. The summed E-state index contributed by atoms with van der Waals surface area (Å²) in [5, 5.41) is 17.9. The standard InChI is InChI=1S/C10H11F3O2/c11-10(12,13)8-5-1-3-7(9(8)15)4-2-6-14/h1,3,5,14-15H,2,4,6H2. The molecule has 0 saturated heterocycles. The molecule has 0 aliphatic carbocycles. The van der Waals surface area contributed by atoms with Crippen molar-refractivity contribution in [3.05, 3.63) is 29.3 Å². The van der Waals surface area contributed by atoms with Gasteiger partial charge in [0.15, 0.2) is 0 Å². The van der Waals surface area contributed by atoms with Crippen LogP contribution in [0.15, 0.2) is 18.2 Å². The van der Waals surface area contributed by atoms with Crippen LogP contribution in [0.3, 0.4) is 0 Å². The Morgan fingerprint density at radius 2 is 1.87 bits per heavy atom. The number of aliphatic hydroxyl groups excluding tert-OH is 1. The van der Waals surface area contributed by atoms with Gasteiger partial charge in [0.05, 0.1) is 5.56 Å². The van der Waals surface area contributed by atoms with E-state index >= 15 is 0 Å². The van der Waals surface area contributed by atoms with Gasteiger partial charge in [-0.25, -0.2) is 0 Å². The number of hydrogen-bond acceptors (Lipinski definition) is 2. The minimum Gasteiger partial charge on any atom is -0.507 e. The van der Waals surface area contributed by atoms with E-state index in [-0.39, 0.29) is 18.6 Å². The van der Waals surface area contributed by atoms with Crippen molar-refractivity contribution in [3.63, 3.8) is 0 Å². The zero-order chi connectivity index (χ0) is 11.5. The first-order valence-electron chi connectivity index (χ1n) is 4.45. The zero-order valence-corrected chi connectivity index (χ0v) is 7.88. The third-order valence-electron chi connectivity index (χ3n) is 2.03. The van der Waals surface area contributed by atoms with Crippen molar-refractivity contribution in [2.75, 3.05) is 6.61 Å². The van der Waals surface area contributed by atoms with E-state index in [1.807, 2.05) is 0 Å². The smallest absolute Gasteiger partial charge is 0.419 e. The van der Waals surface area contributed by atoms with Crippen LogP contribution in [0.25, 0.3) is 0 Å². The molecule has 15 heavy (non-hydrogen) atoms. The predicted octanol–water partition coefficient (Wildman–Crippen LogP) is 2.34. The van der Waals surface area contributed by atoms with Crippen molar-refractivity contribution in [2.45, 2.75) is 19.0 Å². The van der Waals surface area contributed by atoms with E-state index in [1.54, 1.807) is 0 Å². The lowest BCUT2D eigenvalue weighted by Gasteiger charge is -2.11. The molecular weight excluding hydrogens is 209 g/mol. The lowest BCUT2D eigenvalue weighted by molar-refractivity contribution is -0.138. The van der Waals surface area contributed by atoms with Crippen LogP contribution >= 0.6 is 0 Å². The van der Waals surface area contributed by atoms with Crippen LogP contribution in [0.4, 0.5) is 13.2 Å². The molecule has 5 heteroatoms. The van der Waals surface area contributed by atoms with Crippen LogP contribution in [0.2, 0.25) is 0 Å².